The third kappa shape index (κ3) is 4.43. The molecule has 0 aliphatic heterocycles. The summed E-state index contributed by atoms with van der Waals surface area (Å²) in [6.45, 7) is 0.159. The van der Waals surface area contributed by atoms with Crippen molar-refractivity contribution in [3.8, 4) is 18.1 Å². The van der Waals surface area contributed by atoms with Crippen LogP contribution in [-0.4, -0.2) is 23.7 Å². The Morgan fingerprint density at radius 3 is 2.91 bits per heavy atom. The maximum atomic E-state index is 11.8. The van der Waals surface area contributed by atoms with Crippen molar-refractivity contribution in [3.05, 3.63) is 58.3 Å². The molecule has 0 radical (unpaired) electrons. The largest absolute Gasteiger partial charge is 0.480 e. The number of amides is 1. The lowest BCUT2D eigenvalue weighted by atomic mass is 10.2. The maximum Gasteiger partial charge on any atom is 0.271 e. The summed E-state index contributed by atoms with van der Waals surface area (Å²) in [4.78, 5) is 15.7. The summed E-state index contributed by atoms with van der Waals surface area (Å²) in [5.41, 5.74) is 3.61. The second-order valence-corrected chi connectivity index (χ2v) is 5.03. The van der Waals surface area contributed by atoms with E-state index < -0.39 is 0 Å². The van der Waals surface area contributed by atoms with Gasteiger partial charge in [0.05, 0.1) is 6.21 Å². The van der Waals surface area contributed by atoms with E-state index >= 15 is 0 Å². The maximum absolute atomic E-state index is 11.8. The van der Waals surface area contributed by atoms with E-state index in [9.17, 15) is 4.79 Å². The van der Waals surface area contributed by atoms with Crippen LogP contribution >= 0.6 is 15.9 Å². The van der Waals surface area contributed by atoms with Gasteiger partial charge in [-0.2, -0.15) is 5.10 Å². The molecular weight excluding hydrogens is 346 g/mol. The zero-order valence-corrected chi connectivity index (χ0v) is 13.1. The van der Waals surface area contributed by atoms with Crippen molar-refractivity contribution >= 4 is 28.1 Å². The highest BCUT2D eigenvalue weighted by atomic mass is 79.9. The zero-order chi connectivity index (χ0) is 15.8. The van der Waals surface area contributed by atoms with Crippen LogP contribution in [0.15, 0.2) is 52.3 Å². The normalized spacial score (nSPS) is 10.2. The monoisotopic (exact) mass is 357 g/mol. The molecule has 1 aromatic carbocycles. The van der Waals surface area contributed by atoms with E-state index in [-0.39, 0.29) is 12.5 Å². The number of terminal acetylenes is 1. The number of rotatable bonds is 5. The fourth-order valence-corrected chi connectivity index (χ4v) is 1.98. The molecule has 2 rings (SSSR count). The molecular formula is C16H12BrN3O2. The minimum Gasteiger partial charge on any atom is -0.480 e. The second-order valence-electron chi connectivity index (χ2n) is 4.11. The molecule has 0 saturated carbocycles. The summed E-state index contributed by atoms with van der Waals surface area (Å²) in [5, 5.41) is 3.93. The van der Waals surface area contributed by atoms with E-state index in [1.807, 2.05) is 12.1 Å². The molecule has 2 aromatic rings. The molecule has 0 atom stereocenters. The van der Waals surface area contributed by atoms with Crippen LogP contribution in [0.5, 0.6) is 5.75 Å². The summed E-state index contributed by atoms with van der Waals surface area (Å²) >= 11 is 3.37. The number of pyridine rings is 1. The van der Waals surface area contributed by atoms with Gasteiger partial charge in [-0.25, -0.2) is 5.43 Å². The molecule has 22 heavy (non-hydrogen) atoms. The molecule has 1 aromatic heterocycles. The summed E-state index contributed by atoms with van der Waals surface area (Å²) in [7, 11) is 0. The Labute approximate surface area is 136 Å². The first-order chi connectivity index (χ1) is 10.7. The minimum absolute atomic E-state index is 0.159. The molecule has 5 nitrogen and oxygen atoms in total. The van der Waals surface area contributed by atoms with Gasteiger partial charge in [-0.15, -0.1) is 6.42 Å². The average Bonchev–Trinajstić information content (AvgIpc) is 2.55. The van der Waals surface area contributed by atoms with Gasteiger partial charge in [0.25, 0.3) is 5.91 Å². The molecule has 0 aliphatic rings. The van der Waals surface area contributed by atoms with Crippen molar-refractivity contribution < 1.29 is 9.53 Å². The number of hydrogen-bond acceptors (Lipinski definition) is 4. The quantitative estimate of drug-likeness (QED) is 0.508. The van der Waals surface area contributed by atoms with Crippen molar-refractivity contribution in [2.45, 2.75) is 0 Å². The molecule has 0 fully saturated rings. The lowest BCUT2D eigenvalue weighted by Gasteiger charge is -2.06. The number of ether oxygens (including phenoxy) is 1. The number of aromatic nitrogens is 1. The highest BCUT2D eigenvalue weighted by Gasteiger charge is 2.04. The summed E-state index contributed by atoms with van der Waals surface area (Å²) in [6.07, 6.45) is 9.76. The number of nitrogens with zero attached hydrogens (tertiary/aromatic N) is 2. The van der Waals surface area contributed by atoms with Crippen LogP contribution < -0.4 is 10.2 Å². The molecule has 110 valence electrons. The molecule has 0 aliphatic carbocycles. The second kappa shape index (κ2) is 7.96. The van der Waals surface area contributed by atoms with Gasteiger partial charge in [-0.3, -0.25) is 9.78 Å². The third-order valence-electron chi connectivity index (χ3n) is 2.60. The van der Waals surface area contributed by atoms with E-state index in [4.69, 9.17) is 11.2 Å². The number of halogens is 1. The van der Waals surface area contributed by atoms with Gasteiger partial charge in [0.2, 0.25) is 0 Å². The van der Waals surface area contributed by atoms with Gasteiger partial charge in [0.15, 0.2) is 0 Å². The van der Waals surface area contributed by atoms with Gasteiger partial charge in [-0.1, -0.05) is 21.9 Å². The molecule has 0 unspecified atom stereocenters. The Balaban J connectivity index is 2.08. The summed E-state index contributed by atoms with van der Waals surface area (Å²) < 4.78 is 6.28. The first-order valence-corrected chi connectivity index (χ1v) is 7.09. The molecule has 1 heterocycles. The van der Waals surface area contributed by atoms with Crippen molar-refractivity contribution in [1.29, 1.82) is 0 Å². The Hall–Kier alpha value is -2.65. The fourth-order valence-electron chi connectivity index (χ4n) is 1.60. The number of benzene rings is 1. The average molecular weight is 358 g/mol. The predicted molar refractivity (Wildman–Crippen MR) is 87.8 cm³/mol. The van der Waals surface area contributed by atoms with E-state index in [0.717, 1.165) is 4.47 Å². The van der Waals surface area contributed by atoms with Gasteiger partial charge in [0.1, 0.15) is 12.4 Å². The Kier molecular flexibility index (Phi) is 5.69. The molecule has 6 heteroatoms. The molecule has 0 saturated heterocycles. The van der Waals surface area contributed by atoms with Gasteiger partial charge < -0.3 is 4.74 Å². The predicted octanol–water partition coefficient (Wildman–Crippen LogP) is 2.62. The first kappa shape index (κ1) is 15.7. The number of carbonyl (C=O) groups excluding carboxylic acids is 1. The van der Waals surface area contributed by atoms with E-state index in [1.54, 1.807) is 30.6 Å². The fraction of sp³-hybridized carbons (Fsp3) is 0.0625. The summed E-state index contributed by atoms with van der Waals surface area (Å²) in [5.74, 6) is 2.67. The third-order valence-corrected chi connectivity index (χ3v) is 3.09. The van der Waals surface area contributed by atoms with Crippen LogP contribution in [0.2, 0.25) is 0 Å². The Morgan fingerprint density at radius 2 is 2.18 bits per heavy atom. The molecule has 0 bridgehead atoms. The number of carbonyl (C=O) groups is 1. The van der Waals surface area contributed by atoms with E-state index in [0.29, 0.717) is 16.9 Å². The van der Waals surface area contributed by atoms with Crippen molar-refractivity contribution in [3.63, 3.8) is 0 Å². The SMILES string of the molecule is C#CCOc1ccc(Br)cc1/C=N/NC(=O)c1ccncc1. The molecule has 0 spiro atoms. The van der Waals surface area contributed by atoms with Gasteiger partial charge in [-0.05, 0) is 30.3 Å². The van der Waals surface area contributed by atoms with Crippen LogP contribution in [0, 0.1) is 12.3 Å². The Morgan fingerprint density at radius 1 is 1.41 bits per heavy atom. The van der Waals surface area contributed by atoms with Crippen molar-refractivity contribution in [2.75, 3.05) is 6.61 Å². The van der Waals surface area contributed by atoms with Crippen molar-refractivity contribution in [2.24, 2.45) is 5.10 Å². The summed E-state index contributed by atoms with van der Waals surface area (Å²) in [6, 6.07) is 8.62. The lowest BCUT2D eigenvalue weighted by molar-refractivity contribution is 0.0955. The van der Waals surface area contributed by atoms with Gasteiger partial charge in [0, 0.05) is 28.0 Å². The number of hydrogen-bond donors (Lipinski definition) is 1. The van der Waals surface area contributed by atoms with Crippen LogP contribution in [0.4, 0.5) is 0 Å². The number of hydrazone groups is 1. The van der Waals surface area contributed by atoms with E-state index in [1.165, 1.54) is 6.21 Å². The highest BCUT2D eigenvalue weighted by molar-refractivity contribution is 9.10. The van der Waals surface area contributed by atoms with Gasteiger partial charge >= 0.3 is 0 Å². The molecule has 1 amide bonds. The minimum atomic E-state index is -0.320. The van der Waals surface area contributed by atoms with E-state index in [2.05, 4.69) is 37.4 Å². The van der Waals surface area contributed by atoms with Crippen LogP contribution in [0.25, 0.3) is 0 Å². The standard InChI is InChI=1S/C16H12BrN3O2/c1-2-9-22-15-4-3-14(17)10-13(15)11-19-20-16(21)12-5-7-18-8-6-12/h1,3-8,10-11H,9H2,(H,20,21)/b19-11+. The van der Waals surface area contributed by atoms with Crippen LogP contribution in [0.1, 0.15) is 15.9 Å². The van der Waals surface area contributed by atoms with Crippen LogP contribution in [0.3, 0.4) is 0 Å². The van der Waals surface area contributed by atoms with Crippen molar-refractivity contribution in [1.82, 2.24) is 10.4 Å². The Bertz CT molecular complexity index is 724. The highest BCUT2D eigenvalue weighted by Crippen LogP contribution is 2.21. The smallest absolute Gasteiger partial charge is 0.271 e. The van der Waals surface area contributed by atoms with Crippen LogP contribution in [-0.2, 0) is 0 Å². The topological polar surface area (TPSA) is 63.6 Å². The lowest BCUT2D eigenvalue weighted by Crippen LogP contribution is -2.17. The first-order valence-electron chi connectivity index (χ1n) is 6.30. The number of nitrogens with one attached hydrogen (secondary N) is 1. The zero-order valence-electron chi connectivity index (χ0n) is 11.5. The molecule has 1 N–H and O–H groups in total.